The SMILES string of the molecule is CC(O)CNCCNS(=O)(=O)N(C)Cc1ccccc1. The maximum atomic E-state index is 12.0. The highest BCUT2D eigenvalue weighted by molar-refractivity contribution is 7.87. The third-order valence-electron chi connectivity index (χ3n) is 2.68. The van der Waals surface area contributed by atoms with Crippen molar-refractivity contribution >= 4 is 10.2 Å². The van der Waals surface area contributed by atoms with Crippen molar-refractivity contribution in [2.75, 3.05) is 26.7 Å². The van der Waals surface area contributed by atoms with Gasteiger partial charge in [0.2, 0.25) is 0 Å². The molecule has 0 aliphatic carbocycles. The summed E-state index contributed by atoms with van der Waals surface area (Å²) < 4.78 is 27.7. The predicted octanol–water partition coefficient (Wildman–Crippen LogP) is -0.0768. The van der Waals surface area contributed by atoms with Gasteiger partial charge in [-0.1, -0.05) is 30.3 Å². The van der Waals surface area contributed by atoms with E-state index >= 15 is 0 Å². The van der Waals surface area contributed by atoms with Crippen LogP contribution >= 0.6 is 0 Å². The summed E-state index contributed by atoms with van der Waals surface area (Å²) in [6.07, 6.45) is -0.438. The third-order valence-corrected chi connectivity index (χ3v) is 4.20. The van der Waals surface area contributed by atoms with Crippen LogP contribution in [-0.4, -0.2) is 50.6 Å². The Kier molecular flexibility index (Phi) is 7.11. The van der Waals surface area contributed by atoms with E-state index in [0.29, 0.717) is 19.6 Å². The van der Waals surface area contributed by atoms with Gasteiger partial charge in [0.05, 0.1) is 6.10 Å². The van der Waals surface area contributed by atoms with Gasteiger partial charge in [0, 0.05) is 33.2 Å². The van der Waals surface area contributed by atoms with Crippen LogP contribution in [0.4, 0.5) is 0 Å². The summed E-state index contributed by atoms with van der Waals surface area (Å²) in [5.41, 5.74) is 0.938. The van der Waals surface area contributed by atoms with E-state index in [2.05, 4.69) is 10.0 Å². The third kappa shape index (κ3) is 6.44. The lowest BCUT2D eigenvalue weighted by molar-refractivity contribution is 0.192. The van der Waals surface area contributed by atoms with Crippen LogP contribution in [0.5, 0.6) is 0 Å². The van der Waals surface area contributed by atoms with Gasteiger partial charge >= 0.3 is 0 Å². The highest BCUT2D eigenvalue weighted by Crippen LogP contribution is 2.05. The minimum atomic E-state index is -3.48. The maximum Gasteiger partial charge on any atom is 0.279 e. The first kappa shape index (κ1) is 17.1. The molecule has 1 rings (SSSR count). The van der Waals surface area contributed by atoms with Gasteiger partial charge in [0.25, 0.3) is 10.2 Å². The molecule has 0 aliphatic rings. The summed E-state index contributed by atoms with van der Waals surface area (Å²) in [6.45, 7) is 3.21. The molecule has 0 bridgehead atoms. The molecule has 0 spiro atoms. The number of nitrogens with one attached hydrogen (secondary N) is 2. The van der Waals surface area contributed by atoms with Crippen LogP contribution in [0.3, 0.4) is 0 Å². The van der Waals surface area contributed by atoms with E-state index in [4.69, 9.17) is 5.11 Å². The molecule has 7 heteroatoms. The molecule has 0 heterocycles. The average molecular weight is 301 g/mol. The second-order valence-corrected chi connectivity index (χ2v) is 6.56. The van der Waals surface area contributed by atoms with E-state index < -0.39 is 16.3 Å². The molecule has 6 nitrogen and oxygen atoms in total. The number of aliphatic hydroxyl groups is 1. The topological polar surface area (TPSA) is 81.7 Å². The Morgan fingerprint density at radius 3 is 2.50 bits per heavy atom. The van der Waals surface area contributed by atoms with Crippen molar-refractivity contribution < 1.29 is 13.5 Å². The van der Waals surface area contributed by atoms with Crippen molar-refractivity contribution in [3.05, 3.63) is 35.9 Å². The largest absolute Gasteiger partial charge is 0.392 e. The second kappa shape index (κ2) is 8.33. The normalized spacial score (nSPS) is 13.6. The minimum absolute atomic E-state index is 0.286. The first-order valence-corrected chi connectivity index (χ1v) is 7.99. The fourth-order valence-electron chi connectivity index (χ4n) is 1.62. The Morgan fingerprint density at radius 2 is 1.90 bits per heavy atom. The molecule has 0 saturated heterocycles. The standard InChI is InChI=1S/C13H23N3O3S/c1-12(17)10-14-8-9-15-20(18,19)16(2)11-13-6-4-3-5-7-13/h3-7,12,14-15,17H,8-11H2,1-2H3. The van der Waals surface area contributed by atoms with Crippen molar-refractivity contribution in [2.24, 2.45) is 0 Å². The zero-order valence-electron chi connectivity index (χ0n) is 11.9. The molecule has 1 unspecified atom stereocenters. The quantitative estimate of drug-likeness (QED) is 0.557. The van der Waals surface area contributed by atoms with Gasteiger partial charge < -0.3 is 10.4 Å². The van der Waals surface area contributed by atoms with Crippen LogP contribution in [0.15, 0.2) is 30.3 Å². The van der Waals surface area contributed by atoms with E-state index in [9.17, 15) is 8.42 Å². The monoisotopic (exact) mass is 301 g/mol. The summed E-state index contributed by atoms with van der Waals surface area (Å²) in [6, 6.07) is 9.42. The molecule has 20 heavy (non-hydrogen) atoms. The van der Waals surface area contributed by atoms with Gasteiger partial charge in [-0.3, -0.25) is 0 Å². The number of hydrogen-bond acceptors (Lipinski definition) is 4. The highest BCUT2D eigenvalue weighted by Gasteiger charge is 2.16. The van der Waals surface area contributed by atoms with Gasteiger partial charge in [0.15, 0.2) is 0 Å². The smallest absolute Gasteiger partial charge is 0.279 e. The second-order valence-electron chi connectivity index (χ2n) is 4.69. The van der Waals surface area contributed by atoms with Crippen LogP contribution in [-0.2, 0) is 16.8 Å². The van der Waals surface area contributed by atoms with Gasteiger partial charge in [-0.15, -0.1) is 0 Å². The lowest BCUT2D eigenvalue weighted by atomic mass is 10.2. The molecule has 3 N–H and O–H groups in total. The molecule has 0 radical (unpaired) electrons. The highest BCUT2D eigenvalue weighted by atomic mass is 32.2. The van der Waals surface area contributed by atoms with Crippen molar-refractivity contribution in [1.82, 2.24) is 14.3 Å². The van der Waals surface area contributed by atoms with Crippen LogP contribution in [0.2, 0.25) is 0 Å². The molecule has 114 valence electrons. The molecular weight excluding hydrogens is 278 g/mol. The number of aliphatic hydroxyl groups excluding tert-OH is 1. The van der Waals surface area contributed by atoms with Crippen molar-refractivity contribution in [1.29, 1.82) is 0 Å². The Hall–Kier alpha value is -0.990. The van der Waals surface area contributed by atoms with Crippen LogP contribution < -0.4 is 10.0 Å². The Balaban J connectivity index is 2.36. The molecule has 0 aromatic heterocycles. The van der Waals surface area contributed by atoms with Gasteiger partial charge in [-0.05, 0) is 12.5 Å². The molecule has 1 atom stereocenters. The van der Waals surface area contributed by atoms with Gasteiger partial charge in [0.1, 0.15) is 0 Å². The summed E-state index contributed by atoms with van der Waals surface area (Å²) >= 11 is 0. The lowest BCUT2D eigenvalue weighted by Crippen LogP contribution is -2.41. The van der Waals surface area contributed by atoms with Crippen molar-refractivity contribution in [2.45, 2.75) is 19.6 Å². The summed E-state index contributed by atoms with van der Waals surface area (Å²) in [7, 11) is -1.94. The lowest BCUT2D eigenvalue weighted by Gasteiger charge is -2.18. The van der Waals surface area contributed by atoms with E-state index in [1.54, 1.807) is 14.0 Å². The Morgan fingerprint density at radius 1 is 1.25 bits per heavy atom. The summed E-state index contributed by atoms with van der Waals surface area (Å²) in [5.74, 6) is 0. The molecule has 0 aliphatic heterocycles. The molecule has 0 amide bonds. The average Bonchev–Trinajstić information content (AvgIpc) is 2.39. The van der Waals surface area contributed by atoms with Gasteiger partial charge in [-0.25, -0.2) is 4.72 Å². The zero-order valence-corrected chi connectivity index (χ0v) is 12.7. The minimum Gasteiger partial charge on any atom is -0.392 e. The number of hydrogen-bond donors (Lipinski definition) is 3. The summed E-state index contributed by atoms with van der Waals surface area (Å²) in [4.78, 5) is 0. The van der Waals surface area contributed by atoms with E-state index in [1.165, 1.54) is 4.31 Å². The van der Waals surface area contributed by atoms with Crippen LogP contribution in [0.25, 0.3) is 0 Å². The molecule has 0 saturated carbocycles. The predicted molar refractivity (Wildman–Crippen MR) is 79.4 cm³/mol. The number of rotatable bonds is 9. The molecule has 0 fully saturated rings. The maximum absolute atomic E-state index is 12.0. The molecule has 1 aromatic rings. The van der Waals surface area contributed by atoms with E-state index in [-0.39, 0.29) is 6.54 Å². The Bertz CT molecular complexity index is 477. The van der Waals surface area contributed by atoms with Crippen molar-refractivity contribution in [3.63, 3.8) is 0 Å². The number of benzene rings is 1. The summed E-state index contributed by atoms with van der Waals surface area (Å²) in [5, 5.41) is 12.0. The molecule has 1 aromatic carbocycles. The van der Waals surface area contributed by atoms with Gasteiger partial charge in [-0.2, -0.15) is 12.7 Å². The first-order chi connectivity index (χ1) is 9.42. The first-order valence-electron chi connectivity index (χ1n) is 6.55. The molecular formula is C13H23N3O3S. The van der Waals surface area contributed by atoms with E-state index in [0.717, 1.165) is 5.56 Å². The van der Waals surface area contributed by atoms with Crippen molar-refractivity contribution in [3.8, 4) is 0 Å². The fourth-order valence-corrected chi connectivity index (χ4v) is 2.51. The van der Waals surface area contributed by atoms with Crippen LogP contribution in [0.1, 0.15) is 12.5 Å². The Labute approximate surface area is 121 Å². The zero-order chi connectivity index (χ0) is 15.0. The van der Waals surface area contributed by atoms with Crippen LogP contribution in [0, 0.1) is 0 Å². The fraction of sp³-hybridized carbons (Fsp3) is 0.538. The number of nitrogens with zero attached hydrogens (tertiary/aromatic N) is 1. The van der Waals surface area contributed by atoms with E-state index in [1.807, 2.05) is 30.3 Å².